The molecule has 5 nitrogen and oxygen atoms in total. The number of aromatic nitrogens is 2. The maximum absolute atomic E-state index is 13.2. The van der Waals surface area contributed by atoms with Crippen LogP contribution >= 0.6 is 11.3 Å². The number of hydrogen-bond donors (Lipinski definition) is 1. The second-order valence-corrected chi connectivity index (χ2v) is 9.27. The van der Waals surface area contributed by atoms with Crippen molar-refractivity contribution in [1.82, 2.24) is 15.1 Å². The number of carbonyl (C=O) groups excluding carboxylic acids is 1. The van der Waals surface area contributed by atoms with Crippen LogP contribution in [0, 0.1) is 6.92 Å². The summed E-state index contributed by atoms with van der Waals surface area (Å²) in [4.78, 5) is 16.9. The van der Waals surface area contributed by atoms with Crippen LogP contribution in [0.3, 0.4) is 0 Å². The minimum atomic E-state index is 0.0558. The zero-order valence-electron chi connectivity index (χ0n) is 16.6. The van der Waals surface area contributed by atoms with E-state index in [1.54, 1.807) is 6.20 Å². The first-order chi connectivity index (χ1) is 13.3. The van der Waals surface area contributed by atoms with Crippen LogP contribution in [0.1, 0.15) is 20.8 Å². The summed E-state index contributed by atoms with van der Waals surface area (Å²) in [5.74, 6) is 0.0558. The normalized spacial score (nSPS) is 17.1. The second-order valence-electron chi connectivity index (χ2n) is 8.19. The summed E-state index contributed by atoms with van der Waals surface area (Å²) in [7, 11) is 6.55. The van der Waals surface area contributed by atoms with E-state index < -0.39 is 0 Å². The van der Waals surface area contributed by atoms with Crippen LogP contribution in [0.2, 0.25) is 0 Å². The molecule has 6 heteroatoms. The Morgan fingerprint density at radius 3 is 2.54 bits per heavy atom. The number of carbonyl (C=O) groups is 1. The summed E-state index contributed by atoms with van der Waals surface area (Å²) in [6.45, 7) is 2.78. The fourth-order valence-corrected chi connectivity index (χ4v) is 4.49. The maximum atomic E-state index is 13.2. The number of quaternary nitrogens is 1. The standard InChI is InChI=1S/C22H24N4OS/c1-15-5-7-16(8-6-15)18-13-25(14-19(18)26(2,3)4)22(27)21-10-9-20(28-21)17-11-23-24-12-17/h5-13,19H,14H2,1-4H3/p+1. The van der Waals surface area contributed by atoms with Gasteiger partial charge in [0.2, 0.25) is 0 Å². The third-order valence-electron chi connectivity index (χ3n) is 5.20. The lowest BCUT2D eigenvalue weighted by molar-refractivity contribution is -0.885. The average molecular weight is 394 g/mol. The summed E-state index contributed by atoms with van der Waals surface area (Å²) in [5.41, 5.74) is 4.64. The van der Waals surface area contributed by atoms with Gasteiger partial charge in [0.1, 0.15) is 6.04 Å². The lowest BCUT2D eigenvalue weighted by Crippen LogP contribution is -2.48. The first-order valence-corrected chi connectivity index (χ1v) is 10.1. The van der Waals surface area contributed by atoms with E-state index in [0.29, 0.717) is 6.54 Å². The summed E-state index contributed by atoms with van der Waals surface area (Å²) < 4.78 is 0.772. The molecule has 1 atom stereocenters. The summed E-state index contributed by atoms with van der Waals surface area (Å²) in [6, 6.07) is 12.7. The van der Waals surface area contributed by atoms with Gasteiger partial charge in [0.05, 0.1) is 38.8 Å². The molecule has 1 aliphatic rings. The quantitative estimate of drug-likeness (QED) is 0.681. The molecule has 0 saturated carbocycles. The number of aryl methyl sites for hydroxylation is 1. The minimum absolute atomic E-state index is 0.0558. The van der Waals surface area contributed by atoms with Gasteiger partial charge in [-0.1, -0.05) is 29.8 Å². The number of nitrogens with one attached hydrogen (secondary N) is 1. The van der Waals surface area contributed by atoms with Gasteiger partial charge < -0.3 is 9.38 Å². The zero-order valence-corrected chi connectivity index (χ0v) is 17.5. The Morgan fingerprint density at radius 1 is 1.14 bits per heavy atom. The zero-order chi connectivity index (χ0) is 19.9. The molecule has 0 spiro atoms. The van der Waals surface area contributed by atoms with Gasteiger partial charge >= 0.3 is 0 Å². The SMILES string of the molecule is Cc1ccc(C2=CN(C(=O)c3ccc(-c4cn[nH]c4)s3)CC2[N+](C)(C)C)cc1. The molecule has 2 aromatic heterocycles. The Labute approximate surface area is 169 Å². The van der Waals surface area contributed by atoms with Gasteiger partial charge in [-0.05, 0) is 24.6 Å². The van der Waals surface area contributed by atoms with Crippen LogP contribution in [0.5, 0.6) is 0 Å². The number of nitrogens with zero attached hydrogens (tertiary/aromatic N) is 3. The molecule has 0 radical (unpaired) electrons. The van der Waals surface area contributed by atoms with E-state index in [9.17, 15) is 4.79 Å². The minimum Gasteiger partial charge on any atom is -0.323 e. The number of rotatable bonds is 4. The van der Waals surface area contributed by atoms with E-state index >= 15 is 0 Å². The molecule has 3 heterocycles. The Morgan fingerprint density at radius 2 is 1.89 bits per heavy atom. The lowest BCUT2D eigenvalue weighted by Gasteiger charge is -2.33. The third-order valence-corrected chi connectivity index (χ3v) is 6.33. The number of likely N-dealkylation sites (N-methyl/N-ethyl adjacent to an activating group) is 1. The van der Waals surface area contributed by atoms with Crippen LogP contribution in [0.25, 0.3) is 16.0 Å². The predicted molar refractivity (Wildman–Crippen MR) is 114 cm³/mol. The molecule has 1 aliphatic heterocycles. The summed E-state index contributed by atoms with van der Waals surface area (Å²) in [5, 5.41) is 6.81. The fourth-order valence-electron chi connectivity index (χ4n) is 3.54. The average Bonchev–Trinajstić information content (AvgIpc) is 3.39. The molecule has 0 bridgehead atoms. The summed E-state index contributed by atoms with van der Waals surface area (Å²) in [6.07, 6.45) is 5.66. The van der Waals surface area contributed by atoms with Crippen molar-refractivity contribution in [2.75, 3.05) is 27.7 Å². The third kappa shape index (κ3) is 3.53. The van der Waals surface area contributed by atoms with Crippen molar-refractivity contribution in [2.45, 2.75) is 13.0 Å². The molecular weight excluding hydrogens is 368 g/mol. The van der Waals surface area contributed by atoms with E-state index in [-0.39, 0.29) is 11.9 Å². The molecule has 0 saturated heterocycles. The Kier molecular flexibility index (Phi) is 4.69. The molecule has 28 heavy (non-hydrogen) atoms. The van der Waals surface area contributed by atoms with E-state index in [1.807, 2.05) is 29.4 Å². The number of thiophene rings is 1. The Hall–Kier alpha value is -2.70. The number of aromatic amines is 1. The smallest absolute Gasteiger partial charge is 0.268 e. The highest BCUT2D eigenvalue weighted by molar-refractivity contribution is 7.17. The van der Waals surface area contributed by atoms with Crippen molar-refractivity contribution >= 4 is 22.8 Å². The topological polar surface area (TPSA) is 49.0 Å². The first kappa shape index (κ1) is 18.7. The number of hydrogen-bond acceptors (Lipinski definition) is 3. The van der Waals surface area contributed by atoms with Gasteiger partial charge in [-0.2, -0.15) is 5.10 Å². The van der Waals surface area contributed by atoms with Gasteiger partial charge in [0.25, 0.3) is 5.91 Å². The van der Waals surface area contributed by atoms with E-state index in [1.165, 1.54) is 28.0 Å². The molecule has 144 valence electrons. The van der Waals surface area contributed by atoms with Crippen molar-refractivity contribution in [3.05, 3.63) is 71.0 Å². The molecule has 0 fully saturated rings. The molecule has 1 amide bonds. The highest BCUT2D eigenvalue weighted by atomic mass is 32.1. The highest BCUT2D eigenvalue weighted by Gasteiger charge is 2.38. The monoisotopic (exact) mass is 393 g/mol. The first-order valence-electron chi connectivity index (χ1n) is 9.33. The van der Waals surface area contributed by atoms with Crippen LogP contribution in [0.15, 0.2) is 55.0 Å². The molecular formula is C22H25N4OS+. The summed E-state index contributed by atoms with van der Waals surface area (Å²) >= 11 is 1.51. The number of benzene rings is 1. The van der Waals surface area contributed by atoms with Crippen molar-refractivity contribution in [1.29, 1.82) is 0 Å². The van der Waals surface area contributed by atoms with Gasteiger partial charge in [0, 0.05) is 28.4 Å². The molecule has 3 aromatic rings. The van der Waals surface area contributed by atoms with E-state index in [0.717, 1.165) is 19.8 Å². The van der Waals surface area contributed by atoms with Gasteiger partial charge in [-0.15, -0.1) is 11.3 Å². The fraction of sp³-hybridized carbons (Fsp3) is 0.273. The lowest BCUT2D eigenvalue weighted by atomic mass is 9.98. The van der Waals surface area contributed by atoms with Gasteiger partial charge in [-0.25, -0.2) is 0 Å². The molecule has 1 aromatic carbocycles. The van der Waals surface area contributed by atoms with Crippen molar-refractivity contribution in [2.24, 2.45) is 0 Å². The Bertz CT molecular complexity index is 1010. The van der Waals surface area contributed by atoms with E-state index in [2.05, 4.69) is 62.5 Å². The molecule has 1 N–H and O–H groups in total. The molecule has 0 aliphatic carbocycles. The highest BCUT2D eigenvalue weighted by Crippen LogP contribution is 2.34. The van der Waals surface area contributed by atoms with Crippen LogP contribution in [-0.2, 0) is 0 Å². The van der Waals surface area contributed by atoms with Crippen molar-refractivity contribution in [3.8, 4) is 10.4 Å². The van der Waals surface area contributed by atoms with Gasteiger partial charge in [-0.3, -0.25) is 9.89 Å². The second kappa shape index (κ2) is 7.04. The van der Waals surface area contributed by atoms with Crippen LogP contribution < -0.4 is 0 Å². The maximum Gasteiger partial charge on any atom is 0.268 e. The predicted octanol–water partition coefficient (Wildman–Crippen LogP) is 4.02. The Balaban J connectivity index is 1.64. The number of amides is 1. The van der Waals surface area contributed by atoms with Crippen LogP contribution in [-0.4, -0.2) is 59.2 Å². The molecule has 4 rings (SSSR count). The van der Waals surface area contributed by atoms with Crippen molar-refractivity contribution < 1.29 is 9.28 Å². The van der Waals surface area contributed by atoms with E-state index in [4.69, 9.17) is 0 Å². The largest absolute Gasteiger partial charge is 0.323 e. The van der Waals surface area contributed by atoms with Crippen LogP contribution in [0.4, 0.5) is 0 Å². The van der Waals surface area contributed by atoms with Gasteiger partial charge in [0.15, 0.2) is 0 Å². The molecule has 1 unspecified atom stereocenters. The van der Waals surface area contributed by atoms with Crippen molar-refractivity contribution in [3.63, 3.8) is 0 Å². The number of H-pyrrole nitrogens is 1.